The van der Waals surface area contributed by atoms with Crippen LogP contribution in [0, 0.1) is 39.4 Å². The number of fused-ring (bicyclic) bond motifs is 4. The summed E-state index contributed by atoms with van der Waals surface area (Å²) in [6, 6.07) is 0. The first-order valence-electron chi connectivity index (χ1n) is 13.7. The molecule has 0 aromatic rings. The van der Waals surface area contributed by atoms with Crippen molar-refractivity contribution in [2.45, 2.75) is 118 Å². The van der Waals surface area contributed by atoms with E-state index in [2.05, 4.69) is 47.6 Å². The first-order valence-corrected chi connectivity index (χ1v) is 13.7. The van der Waals surface area contributed by atoms with Gasteiger partial charge in [0.25, 0.3) is 0 Å². The maximum atomic E-state index is 12.4. The number of allylic oxidation sites excluding steroid dienone is 3. The summed E-state index contributed by atoms with van der Waals surface area (Å²) in [4.78, 5) is 12.4. The second-order valence-electron chi connectivity index (χ2n) is 13.4. The first-order chi connectivity index (χ1) is 15.7. The summed E-state index contributed by atoms with van der Waals surface area (Å²) >= 11 is 0. The van der Waals surface area contributed by atoms with E-state index < -0.39 is 17.5 Å². The number of aliphatic hydroxyl groups excluding tert-OH is 2. The van der Waals surface area contributed by atoms with Gasteiger partial charge in [0, 0.05) is 0 Å². The van der Waals surface area contributed by atoms with Gasteiger partial charge in [-0.1, -0.05) is 50.5 Å². The minimum atomic E-state index is -1.07. The van der Waals surface area contributed by atoms with Crippen molar-refractivity contribution < 1.29 is 20.1 Å². The molecular formula is C30H48O4. The number of rotatable bonds is 5. The van der Waals surface area contributed by atoms with E-state index in [4.69, 9.17) is 0 Å². The fourth-order valence-corrected chi connectivity index (χ4v) is 9.39. The molecule has 4 aliphatic carbocycles. The van der Waals surface area contributed by atoms with Gasteiger partial charge in [0.05, 0.1) is 17.6 Å². The molecule has 2 saturated carbocycles. The minimum absolute atomic E-state index is 0.0185. The fraction of sp³-hybridized carbons (Fsp3) is 0.833. The Labute approximate surface area is 206 Å². The topological polar surface area (TPSA) is 77.8 Å². The Kier molecular flexibility index (Phi) is 6.47. The Hall–Kier alpha value is -1.13. The van der Waals surface area contributed by atoms with Gasteiger partial charge in [0.1, 0.15) is 0 Å². The highest BCUT2D eigenvalue weighted by molar-refractivity contribution is 5.76. The second-order valence-corrected chi connectivity index (χ2v) is 13.4. The molecule has 3 N–H and O–H groups in total. The van der Waals surface area contributed by atoms with E-state index in [1.54, 1.807) is 12.5 Å². The van der Waals surface area contributed by atoms with Crippen LogP contribution in [0.4, 0.5) is 0 Å². The molecule has 4 nitrogen and oxygen atoms in total. The van der Waals surface area contributed by atoms with E-state index in [9.17, 15) is 20.1 Å². The summed E-state index contributed by atoms with van der Waals surface area (Å²) in [5.74, 6) is -0.103. The molecule has 192 valence electrons. The third-order valence-corrected chi connectivity index (χ3v) is 11.9. The fourth-order valence-electron chi connectivity index (χ4n) is 9.39. The quantitative estimate of drug-likeness (QED) is 0.398. The van der Waals surface area contributed by atoms with Crippen LogP contribution >= 0.6 is 0 Å². The summed E-state index contributed by atoms with van der Waals surface area (Å²) in [5.41, 5.74) is 3.45. The molecule has 0 aromatic carbocycles. The van der Waals surface area contributed by atoms with Crippen LogP contribution in [-0.2, 0) is 4.79 Å². The highest BCUT2D eigenvalue weighted by Gasteiger charge is 2.65. The van der Waals surface area contributed by atoms with Gasteiger partial charge in [-0.2, -0.15) is 0 Å². The molecule has 0 spiro atoms. The zero-order valence-electron chi connectivity index (χ0n) is 22.6. The van der Waals surface area contributed by atoms with Crippen molar-refractivity contribution in [3.8, 4) is 0 Å². The highest BCUT2D eigenvalue weighted by Crippen LogP contribution is 2.72. The van der Waals surface area contributed by atoms with Crippen LogP contribution in [0.15, 0.2) is 22.8 Å². The van der Waals surface area contributed by atoms with Gasteiger partial charge < -0.3 is 15.3 Å². The summed E-state index contributed by atoms with van der Waals surface area (Å²) in [7, 11) is 0. The van der Waals surface area contributed by atoms with Crippen molar-refractivity contribution in [1.82, 2.24) is 0 Å². The van der Waals surface area contributed by atoms with Gasteiger partial charge in [-0.3, -0.25) is 4.79 Å². The number of hydrogen-bond acceptors (Lipinski definition) is 3. The van der Waals surface area contributed by atoms with Crippen LogP contribution in [0.1, 0.15) is 106 Å². The molecule has 9 atom stereocenters. The molecule has 2 fully saturated rings. The molecule has 0 radical (unpaired) electrons. The normalized spacial score (nSPS) is 45.6. The van der Waals surface area contributed by atoms with Crippen LogP contribution in [0.25, 0.3) is 0 Å². The summed E-state index contributed by atoms with van der Waals surface area (Å²) < 4.78 is 0. The average molecular weight is 473 g/mol. The number of carboxylic acids is 1. The predicted molar refractivity (Wildman–Crippen MR) is 136 cm³/mol. The number of carbonyl (C=O) groups is 1. The first kappa shape index (κ1) is 25.9. The molecule has 0 aromatic heterocycles. The third-order valence-electron chi connectivity index (χ3n) is 11.9. The van der Waals surface area contributed by atoms with Crippen LogP contribution in [0.3, 0.4) is 0 Å². The molecule has 4 heteroatoms. The SMILES string of the molecule is CC(C)=CCC(O)[C@@H](C)[C@H]1CC[C@@]2(C)C3=C(CC[C@]12C)[C@@]1(C)CC[C@H](O)[C@@](C)(C(=O)O)C1CC3. The molecule has 4 aliphatic rings. The largest absolute Gasteiger partial charge is 0.481 e. The summed E-state index contributed by atoms with van der Waals surface area (Å²) in [6.45, 7) is 15.5. The van der Waals surface area contributed by atoms with Crippen molar-refractivity contribution in [2.75, 3.05) is 0 Å². The smallest absolute Gasteiger partial charge is 0.312 e. The van der Waals surface area contributed by atoms with Crippen molar-refractivity contribution in [2.24, 2.45) is 39.4 Å². The minimum Gasteiger partial charge on any atom is -0.481 e. The van der Waals surface area contributed by atoms with E-state index in [1.165, 1.54) is 11.1 Å². The lowest BCUT2D eigenvalue weighted by Gasteiger charge is -2.61. The van der Waals surface area contributed by atoms with Gasteiger partial charge in [0.15, 0.2) is 0 Å². The van der Waals surface area contributed by atoms with Crippen LogP contribution in [0.5, 0.6) is 0 Å². The number of aliphatic hydroxyl groups is 2. The van der Waals surface area contributed by atoms with Crippen molar-refractivity contribution in [1.29, 1.82) is 0 Å². The Morgan fingerprint density at radius 1 is 1.03 bits per heavy atom. The van der Waals surface area contributed by atoms with Crippen LogP contribution < -0.4 is 0 Å². The zero-order chi connectivity index (χ0) is 25.3. The van der Waals surface area contributed by atoms with Gasteiger partial charge in [-0.15, -0.1) is 0 Å². The molecule has 0 aliphatic heterocycles. The Morgan fingerprint density at radius 2 is 1.71 bits per heavy atom. The number of aliphatic carboxylic acids is 1. The van der Waals surface area contributed by atoms with Crippen LogP contribution in [-0.4, -0.2) is 33.5 Å². The molecule has 34 heavy (non-hydrogen) atoms. The maximum absolute atomic E-state index is 12.4. The summed E-state index contributed by atoms with van der Waals surface area (Å²) in [5, 5.41) is 32.0. The van der Waals surface area contributed by atoms with E-state index in [1.807, 2.05) is 0 Å². The molecule has 0 bridgehead atoms. The summed E-state index contributed by atoms with van der Waals surface area (Å²) in [6.07, 6.45) is 9.54. The van der Waals surface area contributed by atoms with Crippen molar-refractivity contribution in [3.63, 3.8) is 0 Å². The lowest BCUT2D eigenvalue weighted by atomic mass is 9.43. The standard InChI is InChI=1S/C30H48O4/c1-18(2)8-10-23(31)19(3)20-12-16-29(6)22-9-11-24-27(4,21(22)13-17-28(20,29)5)15-14-25(32)30(24,7)26(33)34/h8,19-20,23-25,31-32H,9-17H2,1-7H3,(H,33,34)/t19-,20+,23?,24?,25-,27+,28+,29-,30-/m0/s1. The average Bonchev–Trinajstić information content (AvgIpc) is 3.05. The van der Waals surface area contributed by atoms with E-state index in [0.29, 0.717) is 12.3 Å². The Morgan fingerprint density at radius 3 is 2.32 bits per heavy atom. The molecule has 0 saturated heterocycles. The Bertz CT molecular complexity index is 899. The second kappa shape index (κ2) is 8.47. The van der Waals surface area contributed by atoms with Crippen molar-refractivity contribution in [3.05, 3.63) is 22.8 Å². The van der Waals surface area contributed by atoms with Gasteiger partial charge in [-0.25, -0.2) is 0 Å². The molecule has 0 heterocycles. The van der Waals surface area contributed by atoms with Crippen molar-refractivity contribution >= 4 is 5.97 Å². The lowest BCUT2D eigenvalue weighted by molar-refractivity contribution is -0.175. The van der Waals surface area contributed by atoms with E-state index >= 15 is 0 Å². The lowest BCUT2D eigenvalue weighted by Crippen LogP contribution is -2.58. The number of hydrogen-bond donors (Lipinski definition) is 3. The molecule has 0 amide bonds. The zero-order valence-corrected chi connectivity index (χ0v) is 22.6. The van der Waals surface area contributed by atoms with Gasteiger partial charge in [-0.05, 0) is 113 Å². The van der Waals surface area contributed by atoms with E-state index in [-0.39, 0.29) is 34.2 Å². The van der Waals surface area contributed by atoms with E-state index in [0.717, 1.165) is 51.4 Å². The Balaban J connectivity index is 1.69. The predicted octanol–water partition coefficient (Wildman–Crippen LogP) is 6.51. The maximum Gasteiger partial charge on any atom is 0.312 e. The third kappa shape index (κ3) is 3.41. The van der Waals surface area contributed by atoms with Crippen LogP contribution in [0.2, 0.25) is 0 Å². The highest BCUT2D eigenvalue weighted by atomic mass is 16.4. The molecule has 4 rings (SSSR count). The number of carboxylic acid groups (broad SMARTS) is 1. The monoisotopic (exact) mass is 472 g/mol. The van der Waals surface area contributed by atoms with Gasteiger partial charge in [0.2, 0.25) is 0 Å². The molecule has 2 unspecified atom stereocenters. The van der Waals surface area contributed by atoms with Gasteiger partial charge >= 0.3 is 5.97 Å². The molecular weight excluding hydrogens is 424 g/mol.